The molecule has 1 aliphatic heterocycles. The van der Waals surface area contributed by atoms with E-state index < -0.39 is 10.0 Å². The maximum atomic E-state index is 13.0. The van der Waals surface area contributed by atoms with Crippen LogP contribution in [0.25, 0.3) is 0 Å². The highest BCUT2D eigenvalue weighted by Crippen LogP contribution is 2.33. The summed E-state index contributed by atoms with van der Waals surface area (Å²) >= 11 is 5.90. The van der Waals surface area contributed by atoms with Gasteiger partial charge in [-0.25, -0.2) is 8.42 Å². The fourth-order valence-corrected chi connectivity index (χ4v) is 5.14. The number of nitrogens with one attached hydrogen (secondary N) is 1. The van der Waals surface area contributed by atoms with Crippen LogP contribution < -0.4 is 14.4 Å². The lowest BCUT2D eigenvalue weighted by atomic mass is 10.0. The molecule has 1 aliphatic rings. The van der Waals surface area contributed by atoms with Crippen LogP contribution in [0.5, 0.6) is 5.75 Å². The highest BCUT2D eigenvalue weighted by molar-refractivity contribution is 7.92. The van der Waals surface area contributed by atoms with Crippen molar-refractivity contribution in [2.45, 2.75) is 36.8 Å². The molecular weight excluding hydrogens is 444 g/mol. The van der Waals surface area contributed by atoms with Gasteiger partial charge in [0.25, 0.3) is 10.0 Å². The van der Waals surface area contributed by atoms with Gasteiger partial charge in [-0.2, -0.15) is 0 Å². The van der Waals surface area contributed by atoms with Gasteiger partial charge in [-0.1, -0.05) is 48.0 Å². The van der Waals surface area contributed by atoms with Gasteiger partial charge in [0, 0.05) is 30.7 Å². The summed E-state index contributed by atoms with van der Waals surface area (Å²) in [4.78, 5) is 0.194. The topological polar surface area (TPSA) is 58.6 Å². The van der Waals surface area contributed by atoms with Crippen molar-refractivity contribution in [2.75, 3.05) is 17.9 Å². The third-order valence-corrected chi connectivity index (χ3v) is 7.92. The Hall–Kier alpha value is -2.54. The zero-order valence-corrected chi connectivity index (χ0v) is 19.7. The monoisotopic (exact) mass is 470 g/mol. The molecule has 0 saturated heterocycles. The molecular formula is C25H27ClN2O3S. The number of sulfonamides is 1. The van der Waals surface area contributed by atoms with E-state index in [0.29, 0.717) is 10.7 Å². The number of ether oxygens (including phenoxy) is 1. The molecule has 3 aromatic carbocycles. The second-order valence-electron chi connectivity index (χ2n) is 8.04. The number of anilines is 1. The Bertz CT molecular complexity index is 1170. The average molecular weight is 471 g/mol. The molecule has 2 atom stereocenters. The minimum atomic E-state index is -3.69. The standard InChI is InChI=1S/C25H27ClN2O3S/c1-18(19-6-4-3-5-7-19)27-17-23-13-9-20-8-12-22(16-25(20)31-23)28(2)32(29,30)24-14-10-21(26)11-15-24/h3-8,10-12,14-16,18,23,27H,9,13,17H2,1-2H3/t18-,23?/m1/s1. The van der Waals surface area contributed by atoms with Crippen LogP contribution in [0.2, 0.25) is 5.02 Å². The zero-order chi connectivity index (χ0) is 22.7. The van der Waals surface area contributed by atoms with Gasteiger partial charge < -0.3 is 10.1 Å². The molecule has 4 rings (SSSR count). The Morgan fingerprint density at radius 1 is 1.09 bits per heavy atom. The number of nitrogens with zero attached hydrogens (tertiary/aromatic N) is 1. The van der Waals surface area contributed by atoms with Gasteiger partial charge in [0.1, 0.15) is 11.9 Å². The van der Waals surface area contributed by atoms with Crippen LogP contribution in [0.4, 0.5) is 5.69 Å². The molecule has 1 heterocycles. The van der Waals surface area contributed by atoms with E-state index in [2.05, 4.69) is 24.4 Å². The number of rotatable bonds is 7. The molecule has 32 heavy (non-hydrogen) atoms. The summed E-state index contributed by atoms with van der Waals surface area (Å²) in [7, 11) is -2.14. The predicted molar refractivity (Wildman–Crippen MR) is 129 cm³/mol. The van der Waals surface area contributed by atoms with E-state index >= 15 is 0 Å². The molecule has 168 valence electrons. The summed E-state index contributed by atoms with van der Waals surface area (Å²) < 4.78 is 33.6. The Morgan fingerprint density at radius 3 is 2.53 bits per heavy atom. The molecule has 0 bridgehead atoms. The Morgan fingerprint density at radius 2 is 1.81 bits per heavy atom. The predicted octanol–water partition coefficient (Wildman–Crippen LogP) is 5.21. The SMILES string of the molecule is C[C@@H](NCC1CCc2ccc(N(C)S(=O)(=O)c3ccc(Cl)cc3)cc2O1)c1ccccc1. The van der Waals surface area contributed by atoms with Crippen molar-refractivity contribution < 1.29 is 13.2 Å². The molecule has 0 aromatic heterocycles. The third-order valence-electron chi connectivity index (χ3n) is 5.87. The first kappa shape index (κ1) is 22.6. The Labute approximate surface area is 195 Å². The maximum absolute atomic E-state index is 13.0. The van der Waals surface area contributed by atoms with E-state index in [9.17, 15) is 8.42 Å². The molecule has 5 nitrogen and oxygen atoms in total. The van der Waals surface area contributed by atoms with Gasteiger partial charge in [0.15, 0.2) is 0 Å². The van der Waals surface area contributed by atoms with Crippen molar-refractivity contribution in [1.29, 1.82) is 0 Å². The van der Waals surface area contributed by atoms with Crippen LogP contribution in [-0.4, -0.2) is 28.1 Å². The van der Waals surface area contributed by atoms with Crippen LogP contribution in [0.1, 0.15) is 30.5 Å². The second-order valence-corrected chi connectivity index (χ2v) is 10.4. The lowest BCUT2D eigenvalue weighted by molar-refractivity contribution is 0.167. The minimum absolute atomic E-state index is 0.0297. The highest BCUT2D eigenvalue weighted by atomic mass is 35.5. The molecule has 0 aliphatic carbocycles. The van der Waals surface area contributed by atoms with E-state index in [1.54, 1.807) is 19.2 Å². The number of fused-ring (bicyclic) bond motifs is 1. The molecule has 1 N–H and O–H groups in total. The van der Waals surface area contributed by atoms with Crippen molar-refractivity contribution in [1.82, 2.24) is 5.32 Å². The van der Waals surface area contributed by atoms with Crippen molar-refractivity contribution in [2.24, 2.45) is 0 Å². The summed E-state index contributed by atoms with van der Waals surface area (Å²) in [5.74, 6) is 0.742. The van der Waals surface area contributed by atoms with Crippen LogP contribution in [-0.2, 0) is 16.4 Å². The summed E-state index contributed by atoms with van der Waals surface area (Å²) in [6.07, 6.45) is 1.84. The van der Waals surface area contributed by atoms with Crippen LogP contribution in [0.15, 0.2) is 77.7 Å². The lowest BCUT2D eigenvalue weighted by Gasteiger charge is -2.29. The first-order valence-electron chi connectivity index (χ1n) is 10.7. The van der Waals surface area contributed by atoms with Gasteiger partial charge in [0.05, 0.1) is 10.6 Å². The highest BCUT2D eigenvalue weighted by Gasteiger charge is 2.25. The van der Waals surface area contributed by atoms with E-state index in [1.165, 1.54) is 22.0 Å². The van der Waals surface area contributed by atoms with E-state index in [1.807, 2.05) is 36.4 Å². The molecule has 7 heteroatoms. The summed E-state index contributed by atoms with van der Waals surface area (Å²) in [5.41, 5.74) is 2.89. The number of benzene rings is 3. The molecule has 0 amide bonds. The van der Waals surface area contributed by atoms with Crippen molar-refractivity contribution in [3.8, 4) is 5.75 Å². The quantitative estimate of drug-likeness (QED) is 0.515. The third kappa shape index (κ3) is 4.93. The van der Waals surface area contributed by atoms with Crippen molar-refractivity contribution in [3.63, 3.8) is 0 Å². The molecule has 0 saturated carbocycles. The summed E-state index contributed by atoms with van der Waals surface area (Å²) in [6, 6.07) is 22.3. The van der Waals surface area contributed by atoms with Gasteiger partial charge in [-0.15, -0.1) is 0 Å². The first-order valence-corrected chi connectivity index (χ1v) is 12.5. The van der Waals surface area contributed by atoms with Gasteiger partial charge in [-0.3, -0.25) is 4.31 Å². The van der Waals surface area contributed by atoms with Gasteiger partial charge in [-0.05, 0) is 61.2 Å². The van der Waals surface area contributed by atoms with Crippen LogP contribution in [0, 0.1) is 0 Å². The Kier molecular flexibility index (Phi) is 6.74. The minimum Gasteiger partial charge on any atom is -0.489 e. The summed E-state index contributed by atoms with van der Waals surface area (Å²) in [6.45, 7) is 2.86. The molecule has 0 fully saturated rings. The van der Waals surface area contributed by atoms with Crippen LogP contribution in [0.3, 0.4) is 0 Å². The number of hydrogen-bond acceptors (Lipinski definition) is 4. The van der Waals surface area contributed by atoms with Crippen LogP contribution >= 0.6 is 11.6 Å². The smallest absolute Gasteiger partial charge is 0.264 e. The maximum Gasteiger partial charge on any atom is 0.264 e. The van der Waals surface area contributed by atoms with Gasteiger partial charge >= 0.3 is 0 Å². The normalized spacial score (nSPS) is 16.7. The fourth-order valence-electron chi connectivity index (χ4n) is 3.83. The second kappa shape index (κ2) is 9.53. The Balaban J connectivity index is 1.46. The van der Waals surface area contributed by atoms with E-state index in [4.69, 9.17) is 16.3 Å². The van der Waals surface area contributed by atoms with Gasteiger partial charge in [0.2, 0.25) is 0 Å². The largest absolute Gasteiger partial charge is 0.489 e. The molecule has 1 unspecified atom stereocenters. The van der Waals surface area contributed by atoms with Crippen molar-refractivity contribution >= 4 is 27.3 Å². The summed E-state index contributed by atoms with van der Waals surface area (Å²) in [5, 5.41) is 4.04. The zero-order valence-electron chi connectivity index (χ0n) is 18.2. The molecule has 0 radical (unpaired) electrons. The number of hydrogen-bond donors (Lipinski definition) is 1. The fraction of sp³-hybridized carbons (Fsp3) is 0.280. The first-order chi connectivity index (χ1) is 15.3. The molecule has 3 aromatic rings. The van der Waals surface area contributed by atoms with Crippen molar-refractivity contribution in [3.05, 3.63) is 88.9 Å². The van der Waals surface area contributed by atoms with E-state index in [0.717, 1.165) is 30.7 Å². The average Bonchev–Trinajstić information content (AvgIpc) is 2.82. The number of halogens is 1. The molecule has 0 spiro atoms. The van der Waals surface area contributed by atoms with E-state index in [-0.39, 0.29) is 17.0 Å². The number of aryl methyl sites for hydroxylation is 1. The lowest BCUT2D eigenvalue weighted by Crippen LogP contribution is -2.35.